The normalized spacial score (nSPS) is 11.7. The number of oxazole rings is 1. The first-order valence-corrected chi connectivity index (χ1v) is 6.04. The van der Waals surface area contributed by atoms with Gasteiger partial charge in [0.15, 0.2) is 5.58 Å². The van der Waals surface area contributed by atoms with Crippen LogP contribution in [-0.4, -0.2) is 10.7 Å². The van der Waals surface area contributed by atoms with E-state index in [0.717, 1.165) is 22.4 Å². The van der Waals surface area contributed by atoms with Gasteiger partial charge in [-0.05, 0) is 24.6 Å². The molecule has 94 valence electrons. The first kappa shape index (κ1) is 11.5. The summed E-state index contributed by atoms with van der Waals surface area (Å²) in [5, 5.41) is 4.27. The lowest BCUT2D eigenvalue weighted by Crippen LogP contribution is -1.99. The van der Waals surface area contributed by atoms with Crippen LogP contribution in [0.5, 0.6) is 0 Å². The largest absolute Gasteiger partial charge is 0.422 e. The minimum Gasteiger partial charge on any atom is -0.422 e. The van der Waals surface area contributed by atoms with Crippen LogP contribution >= 0.6 is 0 Å². The molecule has 3 rings (SSSR count). The molecule has 0 spiro atoms. The molecule has 4 nitrogen and oxygen atoms in total. The third-order valence-corrected chi connectivity index (χ3v) is 2.80. The van der Waals surface area contributed by atoms with Gasteiger partial charge in [0.2, 0.25) is 0 Å². The Morgan fingerprint density at radius 3 is 2.58 bits per heavy atom. The van der Waals surface area contributed by atoms with E-state index >= 15 is 0 Å². The molecule has 0 unspecified atom stereocenters. The maximum absolute atomic E-state index is 5.52. The van der Waals surface area contributed by atoms with E-state index in [1.807, 2.05) is 61.5 Å². The van der Waals surface area contributed by atoms with Crippen LogP contribution in [0.4, 0.5) is 6.01 Å². The van der Waals surface area contributed by atoms with Gasteiger partial charge in [-0.15, -0.1) is 0 Å². The molecule has 0 saturated heterocycles. The molecule has 0 amide bonds. The Balaban J connectivity index is 1.82. The molecule has 0 atom stereocenters. The minimum atomic E-state index is 0.400. The first-order chi connectivity index (χ1) is 9.33. The Morgan fingerprint density at radius 1 is 1.05 bits per heavy atom. The van der Waals surface area contributed by atoms with Crippen molar-refractivity contribution in [1.29, 1.82) is 0 Å². The van der Waals surface area contributed by atoms with E-state index in [1.54, 1.807) is 0 Å². The standard InChI is InChI=1S/C15H13N3O/c1-11(12-7-3-2-4-8-12)17-18-15-16-13-9-5-6-10-14(13)19-15/h2-10H,1H3,(H,16,18)/b17-11-. The Morgan fingerprint density at radius 2 is 1.79 bits per heavy atom. The van der Waals surface area contributed by atoms with Gasteiger partial charge in [-0.3, -0.25) is 0 Å². The molecular weight excluding hydrogens is 238 g/mol. The van der Waals surface area contributed by atoms with Gasteiger partial charge in [-0.2, -0.15) is 10.1 Å². The van der Waals surface area contributed by atoms with Gasteiger partial charge in [-0.1, -0.05) is 42.5 Å². The zero-order valence-electron chi connectivity index (χ0n) is 10.5. The number of para-hydroxylation sites is 2. The van der Waals surface area contributed by atoms with E-state index in [0.29, 0.717) is 6.01 Å². The number of hydrogen-bond donors (Lipinski definition) is 1. The summed E-state index contributed by atoms with van der Waals surface area (Å²) < 4.78 is 5.52. The van der Waals surface area contributed by atoms with Crippen molar-refractivity contribution in [2.45, 2.75) is 6.92 Å². The predicted octanol–water partition coefficient (Wildman–Crippen LogP) is 3.66. The molecule has 1 N–H and O–H groups in total. The van der Waals surface area contributed by atoms with Crippen molar-refractivity contribution in [2.24, 2.45) is 5.10 Å². The third-order valence-electron chi connectivity index (χ3n) is 2.80. The number of aromatic nitrogens is 1. The second-order valence-electron chi connectivity index (χ2n) is 4.16. The summed E-state index contributed by atoms with van der Waals surface area (Å²) in [5.74, 6) is 0. The quantitative estimate of drug-likeness (QED) is 0.571. The number of anilines is 1. The second-order valence-corrected chi connectivity index (χ2v) is 4.16. The lowest BCUT2D eigenvalue weighted by atomic mass is 10.1. The topological polar surface area (TPSA) is 50.4 Å². The zero-order chi connectivity index (χ0) is 13.1. The van der Waals surface area contributed by atoms with Gasteiger partial charge in [0.1, 0.15) is 5.52 Å². The van der Waals surface area contributed by atoms with Crippen molar-refractivity contribution < 1.29 is 4.42 Å². The summed E-state index contributed by atoms with van der Waals surface area (Å²) in [6.07, 6.45) is 0. The molecule has 0 aliphatic rings. The fraction of sp³-hybridized carbons (Fsp3) is 0.0667. The number of benzene rings is 2. The highest BCUT2D eigenvalue weighted by Gasteiger charge is 2.03. The van der Waals surface area contributed by atoms with Crippen LogP contribution in [0.2, 0.25) is 0 Å². The van der Waals surface area contributed by atoms with Crippen molar-refractivity contribution >= 4 is 22.8 Å². The van der Waals surface area contributed by atoms with Gasteiger partial charge in [0.25, 0.3) is 0 Å². The average Bonchev–Trinajstić information content (AvgIpc) is 2.88. The average molecular weight is 251 g/mol. The van der Waals surface area contributed by atoms with E-state index in [1.165, 1.54) is 0 Å². The second kappa shape index (κ2) is 4.94. The monoisotopic (exact) mass is 251 g/mol. The van der Waals surface area contributed by atoms with E-state index in [9.17, 15) is 0 Å². The molecule has 3 aromatic rings. The van der Waals surface area contributed by atoms with Crippen molar-refractivity contribution in [3.05, 3.63) is 60.2 Å². The highest BCUT2D eigenvalue weighted by Crippen LogP contribution is 2.18. The molecule has 0 fully saturated rings. The van der Waals surface area contributed by atoms with Crippen molar-refractivity contribution in [3.8, 4) is 0 Å². The number of nitrogens with zero attached hydrogens (tertiary/aromatic N) is 2. The lowest BCUT2D eigenvalue weighted by molar-refractivity contribution is 0.617. The Labute approximate surface area is 110 Å². The molecule has 4 heteroatoms. The summed E-state index contributed by atoms with van der Waals surface area (Å²) in [4.78, 5) is 4.29. The minimum absolute atomic E-state index is 0.400. The molecule has 0 radical (unpaired) electrons. The molecule has 0 aliphatic carbocycles. The number of hydrazone groups is 1. The molecule has 1 aromatic heterocycles. The van der Waals surface area contributed by atoms with Gasteiger partial charge < -0.3 is 4.42 Å². The number of nitrogens with one attached hydrogen (secondary N) is 1. The molecule has 1 heterocycles. The van der Waals surface area contributed by atoms with Crippen LogP contribution in [0, 0.1) is 0 Å². The highest BCUT2D eigenvalue weighted by atomic mass is 16.4. The van der Waals surface area contributed by atoms with Gasteiger partial charge >= 0.3 is 6.01 Å². The fourth-order valence-electron chi connectivity index (χ4n) is 1.80. The molecule has 0 bridgehead atoms. The molecule has 2 aromatic carbocycles. The summed E-state index contributed by atoms with van der Waals surface area (Å²) in [6, 6.07) is 18.0. The van der Waals surface area contributed by atoms with Gasteiger partial charge in [-0.25, -0.2) is 5.43 Å². The Kier molecular flexibility index (Phi) is 2.98. The fourth-order valence-corrected chi connectivity index (χ4v) is 1.80. The molecule has 0 saturated carbocycles. The predicted molar refractivity (Wildman–Crippen MR) is 76.3 cm³/mol. The summed E-state index contributed by atoms with van der Waals surface area (Å²) in [7, 11) is 0. The van der Waals surface area contributed by atoms with Crippen LogP contribution in [-0.2, 0) is 0 Å². The van der Waals surface area contributed by atoms with E-state index < -0.39 is 0 Å². The maximum atomic E-state index is 5.52. The van der Waals surface area contributed by atoms with Crippen molar-refractivity contribution in [3.63, 3.8) is 0 Å². The van der Waals surface area contributed by atoms with Crippen LogP contribution in [0.25, 0.3) is 11.1 Å². The van der Waals surface area contributed by atoms with Crippen LogP contribution in [0.1, 0.15) is 12.5 Å². The summed E-state index contributed by atoms with van der Waals surface area (Å²) >= 11 is 0. The number of fused-ring (bicyclic) bond motifs is 1. The van der Waals surface area contributed by atoms with E-state index in [-0.39, 0.29) is 0 Å². The Bertz CT molecular complexity index is 683. The zero-order valence-corrected chi connectivity index (χ0v) is 10.5. The third kappa shape index (κ3) is 2.47. The first-order valence-electron chi connectivity index (χ1n) is 6.04. The Hall–Kier alpha value is -2.62. The number of rotatable bonds is 3. The maximum Gasteiger partial charge on any atom is 0.316 e. The smallest absolute Gasteiger partial charge is 0.316 e. The summed E-state index contributed by atoms with van der Waals surface area (Å²) in [5.41, 5.74) is 6.35. The SMILES string of the molecule is C/C(=N/Nc1nc2ccccc2o1)c1ccccc1. The summed E-state index contributed by atoms with van der Waals surface area (Å²) in [6.45, 7) is 1.94. The van der Waals surface area contributed by atoms with Gasteiger partial charge in [0.05, 0.1) is 5.71 Å². The molecule has 19 heavy (non-hydrogen) atoms. The van der Waals surface area contributed by atoms with Crippen LogP contribution < -0.4 is 5.43 Å². The lowest BCUT2D eigenvalue weighted by Gasteiger charge is -1.99. The molecular formula is C15H13N3O. The van der Waals surface area contributed by atoms with Crippen LogP contribution in [0.3, 0.4) is 0 Å². The van der Waals surface area contributed by atoms with Crippen molar-refractivity contribution in [1.82, 2.24) is 4.98 Å². The van der Waals surface area contributed by atoms with E-state index in [4.69, 9.17) is 4.42 Å². The highest BCUT2D eigenvalue weighted by molar-refractivity contribution is 5.98. The van der Waals surface area contributed by atoms with Crippen molar-refractivity contribution in [2.75, 3.05) is 5.43 Å². The van der Waals surface area contributed by atoms with E-state index in [2.05, 4.69) is 15.5 Å². The molecule has 0 aliphatic heterocycles. The van der Waals surface area contributed by atoms with Crippen LogP contribution in [0.15, 0.2) is 64.1 Å². The van der Waals surface area contributed by atoms with Gasteiger partial charge in [0, 0.05) is 0 Å². The number of hydrogen-bond acceptors (Lipinski definition) is 4.